The predicted octanol–water partition coefficient (Wildman–Crippen LogP) is 2.06. The number of esters is 1. The highest BCUT2D eigenvalue weighted by molar-refractivity contribution is 7.11. The molecule has 0 aliphatic carbocycles. The third kappa shape index (κ3) is 5.49. The van der Waals surface area contributed by atoms with Crippen LogP contribution in [-0.2, 0) is 23.8 Å². The zero-order valence-electron chi connectivity index (χ0n) is 18.6. The lowest BCUT2D eigenvalue weighted by molar-refractivity contribution is -0.136. The van der Waals surface area contributed by atoms with Crippen LogP contribution in [0.2, 0.25) is 0 Å². The van der Waals surface area contributed by atoms with Crippen LogP contribution in [0.25, 0.3) is 0 Å². The van der Waals surface area contributed by atoms with Crippen molar-refractivity contribution in [1.82, 2.24) is 15.2 Å². The maximum atomic E-state index is 14.8. The van der Waals surface area contributed by atoms with Gasteiger partial charge in [0.15, 0.2) is 10.8 Å². The number of nitrogens with one attached hydrogen (secondary N) is 1. The summed E-state index contributed by atoms with van der Waals surface area (Å²) in [7, 11) is 1.29. The second-order valence-electron chi connectivity index (χ2n) is 7.73. The van der Waals surface area contributed by atoms with Crippen LogP contribution in [0.3, 0.4) is 0 Å². The van der Waals surface area contributed by atoms with Crippen molar-refractivity contribution in [2.45, 2.75) is 18.6 Å². The molecule has 1 fully saturated rings. The monoisotopic (exact) mass is 488 g/mol. The van der Waals surface area contributed by atoms with E-state index in [1.54, 1.807) is 24.4 Å². The number of aromatic nitrogens is 1. The maximum absolute atomic E-state index is 14.8. The van der Waals surface area contributed by atoms with E-state index >= 15 is 0 Å². The first-order valence-corrected chi connectivity index (χ1v) is 11.7. The van der Waals surface area contributed by atoms with Gasteiger partial charge in [0, 0.05) is 48.9 Å². The summed E-state index contributed by atoms with van der Waals surface area (Å²) in [5.74, 6) is -0.573. The molecule has 9 nitrogen and oxygen atoms in total. The van der Waals surface area contributed by atoms with Gasteiger partial charge in [-0.2, -0.15) is 0 Å². The Morgan fingerprint density at radius 2 is 2.26 bits per heavy atom. The molecule has 0 saturated carbocycles. The fourth-order valence-corrected chi connectivity index (χ4v) is 4.60. The molecule has 3 heterocycles. The second kappa shape index (κ2) is 11.3. The molecule has 2 aliphatic heterocycles. The van der Waals surface area contributed by atoms with Gasteiger partial charge in [0.05, 0.1) is 32.0 Å². The number of aliphatic imine (C=N–C) groups is 1. The molecule has 0 bridgehead atoms. The number of morpholine rings is 1. The number of benzene rings is 1. The number of halogens is 1. The van der Waals surface area contributed by atoms with Crippen LogP contribution in [0.4, 0.5) is 4.39 Å². The van der Waals surface area contributed by atoms with Crippen molar-refractivity contribution >= 4 is 29.6 Å². The largest absolute Gasteiger partial charge is 0.468 e. The normalized spacial score (nSPS) is 20.9. The lowest BCUT2D eigenvalue weighted by atomic mass is 9.95. The topological polar surface area (TPSA) is 102 Å². The van der Waals surface area contributed by atoms with Gasteiger partial charge < -0.3 is 19.5 Å². The Hall–Kier alpha value is -3.15. The van der Waals surface area contributed by atoms with Crippen LogP contribution in [0.1, 0.15) is 23.0 Å². The highest BCUT2D eigenvalue weighted by atomic mass is 32.1. The van der Waals surface area contributed by atoms with Crippen LogP contribution in [0.5, 0.6) is 0 Å². The minimum absolute atomic E-state index is 0.117. The molecule has 1 aromatic heterocycles. The third-order valence-electron chi connectivity index (χ3n) is 5.60. The molecule has 2 aromatic rings. The molecule has 0 spiro atoms. The van der Waals surface area contributed by atoms with Gasteiger partial charge >= 0.3 is 5.97 Å². The number of ether oxygens (including phenoxy) is 3. The first kappa shape index (κ1) is 24.0. The van der Waals surface area contributed by atoms with E-state index in [0.29, 0.717) is 55.7 Å². The Morgan fingerprint density at radius 1 is 1.41 bits per heavy atom. The average Bonchev–Trinajstić information content (AvgIpc) is 3.39. The lowest BCUT2D eigenvalue weighted by Gasteiger charge is -2.35. The van der Waals surface area contributed by atoms with Gasteiger partial charge in [-0.25, -0.2) is 14.2 Å². The molecule has 0 amide bonds. The second-order valence-corrected chi connectivity index (χ2v) is 8.63. The molecule has 1 N–H and O–H groups in total. The van der Waals surface area contributed by atoms with Crippen LogP contribution in [-0.4, -0.2) is 74.2 Å². The molecule has 2 aliphatic rings. The van der Waals surface area contributed by atoms with Gasteiger partial charge in [0.1, 0.15) is 11.9 Å². The molecule has 0 unspecified atom stereocenters. The van der Waals surface area contributed by atoms with Crippen molar-refractivity contribution in [2.75, 3.05) is 40.0 Å². The van der Waals surface area contributed by atoms with Crippen molar-refractivity contribution in [1.29, 1.82) is 0 Å². The minimum Gasteiger partial charge on any atom is -0.468 e. The Bertz CT molecular complexity index is 1080. The smallest absolute Gasteiger partial charge is 0.338 e. The first-order chi connectivity index (χ1) is 16.6. The van der Waals surface area contributed by atoms with Gasteiger partial charge in [-0.05, 0) is 6.07 Å². The van der Waals surface area contributed by atoms with E-state index < -0.39 is 17.8 Å². The third-order valence-corrected chi connectivity index (χ3v) is 6.38. The van der Waals surface area contributed by atoms with E-state index in [-0.39, 0.29) is 23.8 Å². The average molecular weight is 489 g/mol. The Balaban J connectivity index is 1.67. The van der Waals surface area contributed by atoms with Crippen LogP contribution < -0.4 is 5.32 Å². The van der Waals surface area contributed by atoms with Crippen molar-refractivity contribution in [3.8, 4) is 0 Å². The molecular formula is C23H25FN4O5S. The number of hydrogen-bond acceptors (Lipinski definition) is 10. The van der Waals surface area contributed by atoms with Crippen LogP contribution in [0, 0.1) is 5.82 Å². The molecule has 11 heteroatoms. The fourth-order valence-electron chi connectivity index (χ4n) is 4.01. The summed E-state index contributed by atoms with van der Waals surface area (Å²) in [6.45, 7) is 2.77. The fraction of sp³-hybridized carbons (Fsp3) is 0.391. The first-order valence-electron chi connectivity index (χ1n) is 10.8. The van der Waals surface area contributed by atoms with E-state index in [2.05, 4.69) is 20.2 Å². The van der Waals surface area contributed by atoms with E-state index in [9.17, 15) is 14.0 Å². The summed E-state index contributed by atoms with van der Waals surface area (Å²) in [6, 6.07) is 5.38. The molecule has 0 radical (unpaired) electrons. The van der Waals surface area contributed by atoms with Gasteiger partial charge in [-0.3, -0.25) is 14.7 Å². The zero-order valence-corrected chi connectivity index (χ0v) is 19.4. The predicted molar refractivity (Wildman–Crippen MR) is 123 cm³/mol. The van der Waals surface area contributed by atoms with E-state index in [1.165, 1.54) is 24.5 Å². The summed E-state index contributed by atoms with van der Waals surface area (Å²) in [5.41, 5.74) is 1.10. The number of thiazole rings is 1. The maximum Gasteiger partial charge on any atom is 0.338 e. The summed E-state index contributed by atoms with van der Waals surface area (Å²) >= 11 is 1.39. The molecule has 180 valence electrons. The standard InChI is InChI=1S/C23H25FN4O5S/c1-31-23(30)19-18(13-28-8-10-33-15(12-28)6-9-32-14-29)26-21(22-25-7-11-34-22)27-20(19)16-4-2-3-5-17(16)24/h2-5,7,11,14-15,20H,6,8-10,12-13H2,1H3,(H,26,27)/t15-,20-/m0/s1. The quantitative estimate of drug-likeness (QED) is 0.325. The van der Waals surface area contributed by atoms with Gasteiger partial charge in [0.25, 0.3) is 6.47 Å². The van der Waals surface area contributed by atoms with Gasteiger partial charge in [-0.1, -0.05) is 18.2 Å². The van der Waals surface area contributed by atoms with Crippen molar-refractivity contribution in [3.63, 3.8) is 0 Å². The van der Waals surface area contributed by atoms with E-state index in [1.807, 2.05) is 5.38 Å². The minimum atomic E-state index is -0.887. The van der Waals surface area contributed by atoms with Gasteiger partial charge in [0.2, 0.25) is 0 Å². The molecule has 1 aromatic carbocycles. The highest BCUT2D eigenvalue weighted by Gasteiger charge is 2.35. The lowest BCUT2D eigenvalue weighted by Crippen LogP contribution is -2.46. The number of nitrogens with zero attached hydrogens (tertiary/aromatic N) is 3. The molecule has 4 rings (SSSR count). The Kier molecular flexibility index (Phi) is 7.99. The van der Waals surface area contributed by atoms with Crippen molar-refractivity contribution in [3.05, 3.63) is 63.5 Å². The van der Waals surface area contributed by atoms with Crippen molar-refractivity contribution < 1.29 is 28.2 Å². The zero-order chi connectivity index (χ0) is 23.9. The van der Waals surface area contributed by atoms with Gasteiger partial charge in [-0.15, -0.1) is 11.3 Å². The number of carbonyl (C=O) groups excluding carboxylic acids is 2. The van der Waals surface area contributed by atoms with E-state index in [4.69, 9.17) is 14.2 Å². The van der Waals surface area contributed by atoms with E-state index in [0.717, 1.165) is 0 Å². The number of methoxy groups -OCH3 is 1. The van der Waals surface area contributed by atoms with Crippen LogP contribution in [0.15, 0.2) is 52.1 Å². The summed E-state index contributed by atoms with van der Waals surface area (Å²) in [4.78, 5) is 34.5. The molecule has 2 atom stereocenters. The molecular weight excluding hydrogens is 463 g/mol. The number of carbonyl (C=O) groups is 2. The van der Waals surface area contributed by atoms with Crippen molar-refractivity contribution in [2.24, 2.45) is 4.99 Å². The summed E-state index contributed by atoms with van der Waals surface area (Å²) in [6.07, 6.45) is 2.11. The van der Waals surface area contributed by atoms with Crippen LogP contribution >= 0.6 is 11.3 Å². The number of hydrogen-bond donors (Lipinski definition) is 1. The molecule has 1 saturated heterocycles. The summed E-state index contributed by atoms with van der Waals surface area (Å²) in [5, 5.41) is 5.71. The number of amidine groups is 1. The number of rotatable bonds is 9. The Morgan fingerprint density at radius 3 is 3.00 bits per heavy atom. The highest BCUT2D eigenvalue weighted by Crippen LogP contribution is 2.34. The molecule has 34 heavy (non-hydrogen) atoms. The SMILES string of the molecule is COC(=O)C1=C(CN2CCO[C@@H](CCOC=O)C2)NC(c2nccs2)=N[C@H]1c1ccccc1F. The summed E-state index contributed by atoms with van der Waals surface area (Å²) < 4.78 is 30.5. The Labute approximate surface area is 200 Å².